The average molecular weight is 695 g/mol. The van der Waals surface area contributed by atoms with E-state index in [1.165, 1.54) is 5.57 Å². The summed E-state index contributed by atoms with van der Waals surface area (Å²) in [5.41, 5.74) is 3.62. The van der Waals surface area contributed by atoms with Crippen LogP contribution in [0.5, 0.6) is 0 Å². The third kappa shape index (κ3) is 6.50. The van der Waals surface area contributed by atoms with E-state index in [9.17, 15) is 21.9 Å². The molecule has 0 bridgehead atoms. The zero-order valence-corrected chi connectivity index (χ0v) is 31.6. The van der Waals surface area contributed by atoms with Crippen LogP contribution in [-0.2, 0) is 19.7 Å². The fraction of sp³-hybridized carbons (Fsp3) is 0.659. The van der Waals surface area contributed by atoms with Crippen molar-refractivity contribution in [3.8, 4) is 0 Å². The molecule has 3 saturated carbocycles. The third-order valence-electron chi connectivity index (χ3n) is 13.8. The van der Waals surface area contributed by atoms with E-state index < -0.39 is 19.7 Å². The minimum Gasteiger partial charge on any atom is -0.393 e. The van der Waals surface area contributed by atoms with Gasteiger partial charge in [0.15, 0.2) is 19.7 Å². The molecule has 2 aromatic rings. The minimum atomic E-state index is -3.37. The van der Waals surface area contributed by atoms with Crippen LogP contribution in [0.4, 0.5) is 0 Å². The second-order valence-corrected chi connectivity index (χ2v) is 21.2. The lowest BCUT2D eigenvalue weighted by Crippen LogP contribution is -2.51. The molecule has 7 heteroatoms. The Labute approximate surface area is 290 Å². The van der Waals surface area contributed by atoms with Gasteiger partial charge < -0.3 is 5.11 Å². The number of aryl methyl sites for hydroxylation is 2. The molecule has 0 aromatic heterocycles. The van der Waals surface area contributed by atoms with Gasteiger partial charge in [-0.15, -0.1) is 0 Å². The topological polar surface area (TPSA) is 88.5 Å². The van der Waals surface area contributed by atoms with E-state index in [4.69, 9.17) is 0 Å². The number of aliphatic hydroxyl groups is 1. The molecule has 0 saturated heterocycles. The van der Waals surface area contributed by atoms with Crippen molar-refractivity contribution in [3.05, 3.63) is 71.3 Å². The van der Waals surface area contributed by atoms with E-state index in [1.54, 1.807) is 24.3 Å². The highest BCUT2D eigenvalue weighted by molar-refractivity contribution is 7.92. The van der Waals surface area contributed by atoms with Crippen LogP contribution in [0.3, 0.4) is 0 Å². The number of fused-ring (bicyclic) bond motifs is 5. The Hall–Kier alpha value is -1.96. The van der Waals surface area contributed by atoms with Gasteiger partial charge in [-0.3, -0.25) is 0 Å². The molecule has 6 rings (SSSR count). The quantitative estimate of drug-likeness (QED) is 0.251. The summed E-state index contributed by atoms with van der Waals surface area (Å²) in [7, 11) is -6.68. The molecule has 1 N–H and O–H groups in total. The van der Waals surface area contributed by atoms with E-state index >= 15 is 0 Å². The number of aliphatic hydroxyl groups excluding tert-OH is 1. The van der Waals surface area contributed by atoms with Crippen LogP contribution in [-0.4, -0.2) is 39.0 Å². The van der Waals surface area contributed by atoms with Crippen LogP contribution in [0.1, 0.15) is 103 Å². The van der Waals surface area contributed by atoms with E-state index in [0.717, 1.165) is 62.5 Å². The highest BCUT2D eigenvalue weighted by Gasteiger charge is 2.61. The molecule has 0 heterocycles. The summed E-state index contributed by atoms with van der Waals surface area (Å²) in [6.07, 6.45) is 11.3. The van der Waals surface area contributed by atoms with Gasteiger partial charge in [-0.2, -0.15) is 0 Å². The van der Waals surface area contributed by atoms with Crippen LogP contribution in [0.25, 0.3) is 0 Å². The predicted octanol–water partition coefficient (Wildman–Crippen LogP) is 8.91. The van der Waals surface area contributed by atoms with E-state index in [-0.39, 0.29) is 39.8 Å². The summed E-state index contributed by atoms with van der Waals surface area (Å²) in [4.78, 5) is 0.863. The second kappa shape index (κ2) is 13.3. The first-order valence-corrected chi connectivity index (χ1v) is 21.7. The van der Waals surface area contributed by atoms with Crippen LogP contribution < -0.4 is 0 Å². The number of allylic oxidation sites excluding steroid dienone is 2. The first-order chi connectivity index (χ1) is 22.6. The molecule has 3 fully saturated rings. The highest BCUT2D eigenvalue weighted by atomic mass is 32.2. The smallest absolute Gasteiger partial charge is 0.181 e. The number of hydrogen-bond acceptors (Lipinski definition) is 5. The number of rotatable bonds is 10. The maximum atomic E-state index is 13.6. The van der Waals surface area contributed by atoms with Crippen LogP contribution in [0, 0.1) is 60.2 Å². The Kier molecular flexibility index (Phi) is 9.93. The molecule has 2 aromatic carbocycles. The molecule has 2 unspecified atom stereocenters. The Morgan fingerprint density at radius 3 is 2.10 bits per heavy atom. The van der Waals surface area contributed by atoms with Crippen molar-refractivity contribution < 1.29 is 21.9 Å². The van der Waals surface area contributed by atoms with Gasteiger partial charge in [0.2, 0.25) is 0 Å². The van der Waals surface area contributed by atoms with Crippen molar-refractivity contribution in [1.29, 1.82) is 0 Å². The van der Waals surface area contributed by atoms with E-state index in [2.05, 4.69) is 33.8 Å². The molecule has 48 heavy (non-hydrogen) atoms. The Morgan fingerprint density at radius 1 is 0.833 bits per heavy atom. The second-order valence-electron chi connectivity index (χ2n) is 17.0. The zero-order chi connectivity index (χ0) is 34.6. The lowest BCUT2D eigenvalue weighted by atomic mass is 9.47. The van der Waals surface area contributed by atoms with Crippen molar-refractivity contribution in [3.63, 3.8) is 0 Å². The van der Waals surface area contributed by atoms with Crippen LogP contribution in [0.15, 0.2) is 70.0 Å². The van der Waals surface area contributed by atoms with Gasteiger partial charge in [0.25, 0.3) is 0 Å². The molecule has 4 aliphatic rings. The largest absolute Gasteiger partial charge is 0.393 e. The third-order valence-corrected chi connectivity index (χ3v) is 18.0. The zero-order valence-electron chi connectivity index (χ0n) is 30.0. The summed E-state index contributed by atoms with van der Waals surface area (Å²) in [6, 6.07) is 14.5. The standard InChI is InChI=1S/C41H58O5S2/c1-27-10-15-32(16-11-27)47(43,44)26-29(3)8-7-9-30(4)39-38(42)25-37-35-19-14-31-24-34(48(45,46)33-17-12-28(2)13-18-33)20-22-40(31,5)36(35)21-23-41(37,39)6/h10-18,29-30,34-39,42H,7-9,19-26H2,1-6H3/t29-,30-,34?,35-,36+,37+,38?,39+,40+,41+/m1/s1. The van der Waals surface area contributed by atoms with Gasteiger partial charge in [0, 0.05) is 0 Å². The maximum Gasteiger partial charge on any atom is 0.181 e. The lowest BCUT2D eigenvalue weighted by molar-refractivity contribution is -0.0557. The molecular formula is C41H58O5S2. The van der Waals surface area contributed by atoms with E-state index in [1.807, 2.05) is 38.1 Å². The van der Waals surface area contributed by atoms with Gasteiger partial charge in [-0.1, -0.05) is 87.6 Å². The van der Waals surface area contributed by atoms with Crippen LogP contribution >= 0.6 is 0 Å². The normalized spacial score (nSPS) is 34.8. The van der Waals surface area contributed by atoms with Crippen molar-refractivity contribution in [2.24, 2.45) is 46.3 Å². The lowest BCUT2D eigenvalue weighted by Gasteiger charge is -2.58. The number of benzene rings is 2. The van der Waals surface area contributed by atoms with Gasteiger partial charge in [0.05, 0.1) is 26.9 Å². The Bertz CT molecular complexity index is 1710. The minimum absolute atomic E-state index is 0.0350. The van der Waals surface area contributed by atoms with Gasteiger partial charge in [-0.25, -0.2) is 16.8 Å². The molecular weight excluding hydrogens is 637 g/mol. The molecule has 5 nitrogen and oxygen atoms in total. The highest BCUT2D eigenvalue weighted by Crippen LogP contribution is 2.67. The molecule has 10 atom stereocenters. The monoisotopic (exact) mass is 694 g/mol. The molecule has 264 valence electrons. The van der Waals surface area contributed by atoms with Crippen molar-refractivity contribution in [2.75, 3.05) is 5.75 Å². The maximum absolute atomic E-state index is 13.6. The molecule has 0 spiro atoms. The summed E-state index contributed by atoms with van der Waals surface area (Å²) in [5.74, 6) is 2.43. The number of hydrogen-bond donors (Lipinski definition) is 1. The summed E-state index contributed by atoms with van der Waals surface area (Å²) in [5, 5.41) is 11.3. The Morgan fingerprint density at radius 2 is 1.46 bits per heavy atom. The average Bonchev–Trinajstić information content (AvgIpc) is 3.30. The number of sulfone groups is 2. The van der Waals surface area contributed by atoms with Crippen molar-refractivity contribution >= 4 is 19.7 Å². The first-order valence-electron chi connectivity index (χ1n) is 18.5. The van der Waals surface area contributed by atoms with E-state index in [0.29, 0.717) is 46.3 Å². The van der Waals surface area contributed by atoms with Crippen LogP contribution in [0.2, 0.25) is 0 Å². The summed E-state index contributed by atoms with van der Waals surface area (Å²) >= 11 is 0. The predicted molar refractivity (Wildman–Crippen MR) is 194 cm³/mol. The first kappa shape index (κ1) is 35.9. The molecule has 4 aliphatic carbocycles. The summed E-state index contributed by atoms with van der Waals surface area (Å²) < 4.78 is 53.3. The summed E-state index contributed by atoms with van der Waals surface area (Å²) in [6.45, 7) is 13.2. The van der Waals surface area contributed by atoms with Crippen molar-refractivity contribution in [1.82, 2.24) is 0 Å². The Balaban J connectivity index is 1.09. The fourth-order valence-electron chi connectivity index (χ4n) is 11.2. The molecule has 0 radical (unpaired) electrons. The SMILES string of the molecule is Cc1ccc(S(=O)(=O)C[C@H](C)CCC[C@@H](C)[C@H]2C(O)C[C@H]3[C@@H]4CC=C5CC(S(=O)(=O)c6ccc(C)cc6)CC[C@]5(C)[C@H]4CC[C@]23C)cc1. The van der Waals surface area contributed by atoms with Gasteiger partial charge in [-0.05, 0) is 136 Å². The van der Waals surface area contributed by atoms with Gasteiger partial charge in [0.1, 0.15) is 0 Å². The fourth-order valence-corrected chi connectivity index (χ4v) is 14.5. The molecule has 0 amide bonds. The van der Waals surface area contributed by atoms with Gasteiger partial charge >= 0.3 is 0 Å². The van der Waals surface area contributed by atoms with Crippen molar-refractivity contribution in [2.45, 2.75) is 127 Å². The molecule has 0 aliphatic heterocycles.